The molecule has 4 heteroatoms. The Labute approximate surface area is 260 Å². The van der Waals surface area contributed by atoms with Crippen LogP contribution in [0.15, 0.2) is 0 Å². The molecule has 2 aliphatic heterocycles. The van der Waals surface area contributed by atoms with Crippen molar-refractivity contribution in [3.63, 3.8) is 0 Å². The fourth-order valence-electron chi connectivity index (χ4n) is 14.0. The minimum Gasteiger partial charge on any atom is -0.354 e. The van der Waals surface area contributed by atoms with Gasteiger partial charge in [0.2, 0.25) is 0 Å². The lowest BCUT2D eigenvalue weighted by atomic mass is 9.31. The smallest absolute Gasteiger partial charge is 0.123 e. The highest BCUT2D eigenvalue weighted by molar-refractivity contribution is 5.31. The van der Waals surface area contributed by atoms with Gasteiger partial charge in [-0.3, -0.25) is 5.32 Å². The maximum atomic E-state index is 7.51. The lowest BCUT2D eigenvalue weighted by Crippen LogP contribution is -2.68. The van der Waals surface area contributed by atoms with Crippen LogP contribution in [0.2, 0.25) is 0 Å². The standard InChI is InChI=1S/C38H69N3O/c1-27-14-19-38(41-25-27)28(2)37(9)35(7)21-20-32(4)30(33(35,5)26-36(37,8)42-38)16-17-31(3)24-29(15-18-34(31,32)6)40-23-13-11-10-12-22-39/h27-30,40-41H,10-26,39H2,1-9H3/t27-,28-,29?,30+,31-,32-,33-,34-,35-,36-,37+,38-/m0/s1. The van der Waals surface area contributed by atoms with Crippen LogP contribution in [-0.4, -0.2) is 37.0 Å². The van der Waals surface area contributed by atoms with Crippen molar-refractivity contribution in [3.8, 4) is 0 Å². The summed E-state index contributed by atoms with van der Waals surface area (Å²) in [5.74, 6) is 2.06. The van der Waals surface area contributed by atoms with E-state index in [1.165, 1.54) is 96.4 Å². The van der Waals surface area contributed by atoms with Gasteiger partial charge in [0, 0.05) is 23.9 Å². The molecule has 0 radical (unpaired) electrons. The average Bonchev–Trinajstić information content (AvgIpc) is 3.18. The van der Waals surface area contributed by atoms with Gasteiger partial charge in [0.15, 0.2) is 0 Å². The normalized spacial score (nSPS) is 57.0. The Morgan fingerprint density at radius 3 is 2.21 bits per heavy atom. The molecule has 242 valence electrons. The molecule has 0 aromatic rings. The first-order valence-electron chi connectivity index (χ1n) is 18.5. The lowest BCUT2D eigenvalue weighted by Gasteiger charge is -2.73. The molecular formula is C38H69N3O. The molecule has 6 aliphatic rings. The SMILES string of the molecule is C[C@H]1CC[C@]2(NC1)O[C@@]1(C)C[C@@]3(C)[C@@H]4CC[C@@]5(C)CC(NCCCCCCN)CC[C@]5(C)[C@@]4(C)CC[C@]3(C)[C@@]1(C)[C@@H]2C. The number of hydrogen-bond donors (Lipinski definition) is 3. The van der Waals surface area contributed by atoms with E-state index in [-0.39, 0.29) is 16.7 Å². The van der Waals surface area contributed by atoms with Crippen LogP contribution in [0.4, 0.5) is 0 Å². The number of piperidine rings is 1. The molecule has 6 fully saturated rings. The summed E-state index contributed by atoms with van der Waals surface area (Å²) in [7, 11) is 0. The highest BCUT2D eigenvalue weighted by atomic mass is 16.5. The van der Waals surface area contributed by atoms with Crippen LogP contribution in [0.5, 0.6) is 0 Å². The van der Waals surface area contributed by atoms with Gasteiger partial charge in [-0.15, -0.1) is 0 Å². The number of fused-ring (bicyclic) bond motifs is 7. The Kier molecular flexibility index (Phi) is 7.70. The van der Waals surface area contributed by atoms with Gasteiger partial charge in [0.05, 0.1) is 5.60 Å². The molecule has 4 N–H and O–H groups in total. The van der Waals surface area contributed by atoms with E-state index < -0.39 is 0 Å². The van der Waals surface area contributed by atoms with Gasteiger partial charge < -0.3 is 15.8 Å². The number of rotatable bonds is 7. The van der Waals surface area contributed by atoms with E-state index in [4.69, 9.17) is 10.5 Å². The predicted molar refractivity (Wildman–Crippen MR) is 176 cm³/mol. The summed E-state index contributed by atoms with van der Waals surface area (Å²) in [6.07, 6.45) is 18.5. The van der Waals surface area contributed by atoms with E-state index in [2.05, 4.69) is 72.9 Å². The number of nitrogens with one attached hydrogen (secondary N) is 2. The van der Waals surface area contributed by atoms with Crippen molar-refractivity contribution in [1.82, 2.24) is 10.6 Å². The number of unbranched alkanes of at least 4 members (excludes halogenated alkanes) is 3. The lowest BCUT2D eigenvalue weighted by molar-refractivity contribution is -0.249. The van der Waals surface area contributed by atoms with Crippen LogP contribution < -0.4 is 16.4 Å². The molecule has 2 heterocycles. The molecular weight excluding hydrogens is 514 g/mol. The Bertz CT molecular complexity index is 1020. The number of hydrogen-bond acceptors (Lipinski definition) is 4. The van der Waals surface area contributed by atoms with Crippen LogP contribution >= 0.6 is 0 Å². The van der Waals surface area contributed by atoms with Crippen molar-refractivity contribution >= 4 is 0 Å². The maximum Gasteiger partial charge on any atom is 0.123 e. The monoisotopic (exact) mass is 584 g/mol. The van der Waals surface area contributed by atoms with E-state index >= 15 is 0 Å². The maximum absolute atomic E-state index is 7.51. The zero-order valence-electron chi connectivity index (χ0n) is 29.3. The Morgan fingerprint density at radius 1 is 0.786 bits per heavy atom. The fourth-order valence-corrected chi connectivity index (χ4v) is 14.0. The van der Waals surface area contributed by atoms with Gasteiger partial charge in [0.1, 0.15) is 5.72 Å². The number of nitrogens with two attached hydrogens (primary N) is 1. The summed E-state index contributed by atoms with van der Waals surface area (Å²) in [5, 5.41) is 8.04. The Morgan fingerprint density at radius 2 is 1.52 bits per heavy atom. The van der Waals surface area contributed by atoms with Gasteiger partial charge in [-0.2, -0.15) is 0 Å². The quantitative estimate of drug-likeness (QED) is 0.263. The van der Waals surface area contributed by atoms with Gasteiger partial charge in [0.25, 0.3) is 0 Å². The van der Waals surface area contributed by atoms with Crippen LogP contribution in [0, 0.1) is 50.2 Å². The molecule has 42 heavy (non-hydrogen) atoms. The summed E-state index contributed by atoms with van der Waals surface area (Å²) in [6, 6.07) is 0.696. The molecule has 4 aliphatic carbocycles. The average molecular weight is 584 g/mol. The van der Waals surface area contributed by atoms with Crippen LogP contribution in [0.25, 0.3) is 0 Å². The first-order valence-corrected chi connectivity index (χ1v) is 18.5. The third-order valence-electron chi connectivity index (χ3n) is 17.5. The molecule has 1 spiro atoms. The second kappa shape index (κ2) is 10.2. The molecule has 4 saturated carbocycles. The first kappa shape index (κ1) is 31.8. The molecule has 12 atom stereocenters. The molecule has 1 unspecified atom stereocenters. The van der Waals surface area contributed by atoms with E-state index in [1.54, 1.807) is 0 Å². The van der Waals surface area contributed by atoms with Crippen LogP contribution in [0.3, 0.4) is 0 Å². The highest BCUT2D eigenvalue weighted by Crippen LogP contribution is 2.85. The summed E-state index contributed by atoms with van der Waals surface area (Å²) in [6.45, 7) is 27.1. The van der Waals surface area contributed by atoms with E-state index in [0.29, 0.717) is 39.0 Å². The summed E-state index contributed by atoms with van der Waals surface area (Å²) >= 11 is 0. The van der Waals surface area contributed by atoms with Crippen molar-refractivity contribution < 1.29 is 4.74 Å². The van der Waals surface area contributed by atoms with Gasteiger partial charge in [-0.1, -0.05) is 68.2 Å². The summed E-state index contributed by atoms with van der Waals surface area (Å²) in [5.41, 5.74) is 7.51. The van der Waals surface area contributed by atoms with Crippen molar-refractivity contribution in [2.45, 2.75) is 170 Å². The second-order valence-corrected chi connectivity index (χ2v) is 18.6. The van der Waals surface area contributed by atoms with Crippen molar-refractivity contribution in [3.05, 3.63) is 0 Å². The van der Waals surface area contributed by atoms with E-state index in [0.717, 1.165) is 24.9 Å². The largest absolute Gasteiger partial charge is 0.354 e. The first-order chi connectivity index (χ1) is 19.6. The van der Waals surface area contributed by atoms with Crippen molar-refractivity contribution in [2.75, 3.05) is 19.6 Å². The molecule has 4 nitrogen and oxygen atoms in total. The molecule has 0 bridgehead atoms. The third-order valence-corrected chi connectivity index (χ3v) is 17.5. The van der Waals surface area contributed by atoms with Crippen LogP contribution in [-0.2, 0) is 4.74 Å². The molecule has 0 amide bonds. The zero-order chi connectivity index (χ0) is 30.5. The minimum absolute atomic E-state index is 0.0673. The zero-order valence-corrected chi connectivity index (χ0v) is 29.3. The molecule has 2 saturated heterocycles. The highest BCUT2D eigenvalue weighted by Gasteiger charge is 2.83. The molecule has 6 rings (SSSR count). The fraction of sp³-hybridized carbons (Fsp3) is 1.00. The second-order valence-electron chi connectivity index (χ2n) is 18.6. The van der Waals surface area contributed by atoms with Gasteiger partial charge >= 0.3 is 0 Å². The van der Waals surface area contributed by atoms with Crippen LogP contribution in [0.1, 0.15) is 152 Å². The van der Waals surface area contributed by atoms with Gasteiger partial charge in [-0.25, -0.2) is 0 Å². The van der Waals surface area contributed by atoms with E-state index in [9.17, 15) is 0 Å². The summed E-state index contributed by atoms with van der Waals surface area (Å²) in [4.78, 5) is 0. The third kappa shape index (κ3) is 3.86. The van der Waals surface area contributed by atoms with E-state index in [1.807, 2.05) is 0 Å². The number of ether oxygens (including phenoxy) is 1. The van der Waals surface area contributed by atoms with Crippen molar-refractivity contribution in [1.29, 1.82) is 0 Å². The minimum atomic E-state index is -0.131. The Balaban J connectivity index is 1.24. The summed E-state index contributed by atoms with van der Waals surface area (Å²) < 4.78 is 7.51. The Hall–Kier alpha value is -0.160. The predicted octanol–water partition coefficient (Wildman–Crippen LogP) is 8.43. The van der Waals surface area contributed by atoms with Crippen molar-refractivity contribution in [2.24, 2.45) is 56.0 Å². The topological polar surface area (TPSA) is 59.3 Å². The van der Waals surface area contributed by atoms with Gasteiger partial charge in [-0.05, 0) is 136 Å². The molecule has 0 aromatic carbocycles. The molecule has 0 aromatic heterocycles.